The first-order valence-corrected chi connectivity index (χ1v) is 5.73. The molecule has 0 saturated heterocycles. The van der Waals surface area contributed by atoms with Gasteiger partial charge in [0.25, 0.3) is 0 Å². The molecule has 0 aromatic heterocycles. The third-order valence-electron chi connectivity index (χ3n) is 2.24. The molecule has 0 bridgehead atoms. The zero-order chi connectivity index (χ0) is 14.3. The highest BCUT2D eigenvalue weighted by molar-refractivity contribution is 7.80. The van der Waals surface area contributed by atoms with Crippen LogP contribution in [0.3, 0.4) is 0 Å². The number of hydrogen-bond donors (Lipinski definition) is 7. The van der Waals surface area contributed by atoms with Gasteiger partial charge in [0.2, 0.25) is 0 Å². The molecule has 106 valence electrons. The highest BCUT2D eigenvalue weighted by atomic mass is 32.1. The molecule has 6 N–H and O–H groups in total. The maximum absolute atomic E-state index is 11.4. The summed E-state index contributed by atoms with van der Waals surface area (Å²) in [5.74, 6) is -2.16. The zero-order valence-corrected chi connectivity index (χ0v) is 10.3. The number of carboxylic acids is 1. The summed E-state index contributed by atoms with van der Waals surface area (Å²) in [7, 11) is 0. The molecule has 0 aromatic carbocycles. The number of hydrogen-bond acceptors (Lipinski definition) is 8. The summed E-state index contributed by atoms with van der Waals surface area (Å²) in [5, 5.41) is 47.1. The van der Waals surface area contributed by atoms with Crippen molar-refractivity contribution < 1.29 is 35.1 Å². The van der Waals surface area contributed by atoms with E-state index in [1.807, 2.05) is 0 Å². The fourth-order valence-electron chi connectivity index (χ4n) is 1.07. The van der Waals surface area contributed by atoms with Crippen LogP contribution in [0.2, 0.25) is 0 Å². The number of aliphatic hydroxyl groups excluding tert-OH is 4. The third kappa shape index (κ3) is 5.29. The lowest BCUT2D eigenvalue weighted by Gasteiger charge is -2.21. The van der Waals surface area contributed by atoms with Gasteiger partial charge in [0.15, 0.2) is 5.78 Å². The number of Topliss-reactive ketones (excluding diaryl/α,β-unsaturated/α-hetero) is 1. The number of carbonyl (C=O) groups is 2. The van der Waals surface area contributed by atoms with Crippen molar-refractivity contribution >= 4 is 24.4 Å². The predicted molar refractivity (Wildman–Crippen MR) is 63.4 cm³/mol. The number of rotatable bonds is 9. The minimum Gasteiger partial charge on any atom is -0.480 e. The molecule has 0 saturated carbocycles. The van der Waals surface area contributed by atoms with Crippen molar-refractivity contribution in [3.8, 4) is 0 Å². The second-order valence-corrected chi connectivity index (χ2v) is 3.97. The molecule has 0 fully saturated rings. The molecule has 0 spiro atoms. The lowest BCUT2D eigenvalue weighted by Crippen LogP contribution is -2.49. The molecule has 9 heteroatoms. The van der Waals surface area contributed by atoms with Crippen LogP contribution >= 0.6 is 12.6 Å². The number of thiol groups is 1. The Hall–Kier alpha value is -0.710. The summed E-state index contributed by atoms with van der Waals surface area (Å²) >= 11 is 3.76. The summed E-state index contributed by atoms with van der Waals surface area (Å²) in [6.07, 6.45) is -5.39. The summed E-state index contributed by atoms with van der Waals surface area (Å²) < 4.78 is 0. The van der Waals surface area contributed by atoms with E-state index in [0.717, 1.165) is 0 Å². The van der Waals surface area contributed by atoms with Crippen molar-refractivity contribution in [2.45, 2.75) is 24.4 Å². The van der Waals surface area contributed by atoms with Gasteiger partial charge >= 0.3 is 5.97 Å². The molecule has 0 aliphatic rings. The van der Waals surface area contributed by atoms with E-state index in [4.69, 9.17) is 15.3 Å². The number of carboxylic acid groups (broad SMARTS) is 1. The molecule has 0 rings (SSSR count). The van der Waals surface area contributed by atoms with Crippen molar-refractivity contribution in [2.24, 2.45) is 0 Å². The molecule has 0 aliphatic heterocycles. The zero-order valence-electron chi connectivity index (χ0n) is 9.43. The van der Waals surface area contributed by atoms with E-state index in [9.17, 15) is 19.8 Å². The first-order chi connectivity index (χ1) is 8.34. The molecule has 0 aromatic rings. The average molecular weight is 283 g/mol. The first-order valence-electron chi connectivity index (χ1n) is 5.10. The van der Waals surface area contributed by atoms with Crippen LogP contribution in [0.5, 0.6) is 0 Å². The van der Waals surface area contributed by atoms with E-state index in [1.54, 1.807) is 0 Å². The molecule has 0 amide bonds. The van der Waals surface area contributed by atoms with Gasteiger partial charge in [-0.1, -0.05) is 0 Å². The van der Waals surface area contributed by atoms with Crippen LogP contribution in [0.1, 0.15) is 0 Å². The first kappa shape index (κ1) is 17.3. The van der Waals surface area contributed by atoms with Crippen molar-refractivity contribution in [1.82, 2.24) is 5.32 Å². The normalized spacial score (nSPS) is 17.8. The number of aliphatic hydroxyl groups is 4. The summed E-state index contributed by atoms with van der Waals surface area (Å²) in [6.45, 7) is -1.32. The van der Waals surface area contributed by atoms with Gasteiger partial charge in [0.1, 0.15) is 24.4 Å². The van der Waals surface area contributed by atoms with Gasteiger partial charge in [0, 0.05) is 5.75 Å². The molecule has 0 radical (unpaired) electrons. The predicted octanol–water partition coefficient (Wildman–Crippen LogP) is -3.40. The minimum atomic E-state index is -1.91. The fraction of sp³-hybridized carbons (Fsp3) is 0.778. The monoisotopic (exact) mass is 283 g/mol. The standard InChI is InChI=1S/C9H17NO7S/c11-2-6(13)8(15)7(14)5(12)1-10-4(3-18)9(16)17/h4,6-8,10-11,13-15,18H,1-3H2,(H,16,17)/t4-,6+,7+,8+/m0/s1. The Morgan fingerprint density at radius 1 is 1.22 bits per heavy atom. The highest BCUT2D eigenvalue weighted by Gasteiger charge is 2.30. The van der Waals surface area contributed by atoms with Crippen molar-refractivity contribution in [3.63, 3.8) is 0 Å². The van der Waals surface area contributed by atoms with E-state index in [1.165, 1.54) is 0 Å². The van der Waals surface area contributed by atoms with Gasteiger partial charge in [-0.25, -0.2) is 0 Å². The number of ketones is 1. The van der Waals surface area contributed by atoms with Crippen LogP contribution in [0.15, 0.2) is 0 Å². The summed E-state index contributed by atoms with van der Waals surface area (Å²) in [4.78, 5) is 22.0. The molecule has 0 aliphatic carbocycles. The van der Waals surface area contributed by atoms with Gasteiger partial charge in [-0.3, -0.25) is 14.9 Å². The van der Waals surface area contributed by atoms with Crippen LogP contribution in [0.25, 0.3) is 0 Å². The number of nitrogens with one attached hydrogen (secondary N) is 1. The Labute approximate surface area is 109 Å². The molecule has 8 nitrogen and oxygen atoms in total. The largest absolute Gasteiger partial charge is 0.480 e. The Balaban J connectivity index is 4.28. The van der Waals surface area contributed by atoms with Crippen LogP contribution in [-0.4, -0.2) is 80.5 Å². The van der Waals surface area contributed by atoms with E-state index >= 15 is 0 Å². The molecular formula is C9H17NO7S. The lowest BCUT2D eigenvalue weighted by atomic mass is 10.0. The van der Waals surface area contributed by atoms with E-state index in [0.29, 0.717) is 0 Å². The van der Waals surface area contributed by atoms with Crippen molar-refractivity contribution in [1.29, 1.82) is 0 Å². The van der Waals surface area contributed by atoms with Gasteiger partial charge in [0.05, 0.1) is 13.2 Å². The lowest BCUT2D eigenvalue weighted by molar-refractivity contribution is -0.141. The van der Waals surface area contributed by atoms with E-state index in [2.05, 4.69) is 17.9 Å². The molecule has 4 atom stereocenters. The average Bonchev–Trinajstić information content (AvgIpc) is 2.35. The van der Waals surface area contributed by atoms with Crippen molar-refractivity contribution in [2.75, 3.05) is 18.9 Å². The Morgan fingerprint density at radius 3 is 2.17 bits per heavy atom. The number of aliphatic carboxylic acids is 1. The SMILES string of the molecule is O=C(O)[C@H](CS)NCC(=O)[C@@H](O)[C@H](O)[C@H](O)CO. The minimum absolute atomic E-state index is 0.0550. The van der Waals surface area contributed by atoms with Gasteiger partial charge < -0.3 is 25.5 Å². The van der Waals surface area contributed by atoms with Crippen LogP contribution < -0.4 is 5.32 Å². The van der Waals surface area contributed by atoms with Gasteiger partial charge in [-0.05, 0) is 0 Å². The molecular weight excluding hydrogens is 266 g/mol. The second kappa shape index (κ2) is 8.40. The van der Waals surface area contributed by atoms with E-state index in [-0.39, 0.29) is 5.75 Å². The summed E-state index contributed by atoms with van der Waals surface area (Å²) in [6, 6.07) is -1.07. The Morgan fingerprint density at radius 2 is 1.78 bits per heavy atom. The molecule has 0 unspecified atom stereocenters. The third-order valence-corrected chi connectivity index (χ3v) is 2.60. The topological polar surface area (TPSA) is 147 Å². The van der Waals surface area contributed by atoms with Crippen LogP contribution in [-0.2, 0) is 9.59 Å². The maximum Gasteiger partial charge on any atom is 0.321 e. The molecule has 0 heterocycles. The maximum atomic E-state index is 11.4. The smallest absolute Gasteiger partial charge is 0.321 e. The quantitative estimate of drug-likeness (QED) is 0.217. The van der Waals surface area contributed by atoms with Crippen molar-refractivity contribution in [3.05, 3.63) is 0 Å². The second-order valence-electron chi connectivity index (χ2n) is 3.61. The highest BCUT2D eigenvalue weighted by Crippen LogP contribution is 2.01. The summed E-state index contributed by atoms with van der Waals surface area (Å²) in [5.41, 5.74) is 0. The van der Waals surface area contributed by atoms with Crippen LogP contribution in [0.4, 0.5) is 0 Å². The Kier molecular flexibility index (Phi) is 8.07. The van der Waals surface area contributed by atoms with Crippen LogP contribution in [0, 0.1) is 0 Å². The van der Waals surface area contributed by atoms with Gasteiger partial charge in [-0.15, -0.1) is 0 Å². The Bertz CT molecular complexity index is 288. The number of carbonyl (C=O) groups excluding carboxylic acids is 1. The van der Waals surface area contributed by atoms with Gasteiger partial charge in [-0.2, -0.15) is 12.6 Å². The fourth-order valence-corrected chi connectivity index (χ4v) is 1.35. The van der Waals surface area contributed by atoms with E-state index < -0.39 is 49.3 Å². The molecule has 18 heavy (non-hydrogen) atoms.